The highest BCUT2D eigenvalue weighted by Crippen LogP contribution is 2.26. The largest absolute Gasteiger partial charge is 0.324 e. The molecule has 102 valence electrons. The van der Waals surface area contributed by atoms with Gasteiger partial charge >= 0.3 is 0 Å². The molecule has 0 saturated carbocycles. The summed E-state index contributed by atoms with van der Waals surface area (Å²) < 4.78 is 0. The van der Waals surface area contributed by atoms with Gasteiger partial charge in [-0.05, 0) is 43.0 Å². The fourth-order valence-electron chi connectivity index (χ4n) is 2.33. The first-order valence-electron chi connectivity index (χ1n) is 7.08. The predicted octanol–water partition coefficient (Wildman–Crippen LogP) is 5.32. The Morgan fingerprint density at radius 2 is 1.72 bits per heavy atom. The van der Waals surface area contributed by atoms with E-state index in [1.807, 2.05) is 13.0 Å². The van der Waals surface area contributed by atoms with Crippen LogP contribution in [-0.4, -0.2) is 0 Å². The molecule has 0 aliphatic carbocycles. The van der Waals surface area contributed by atoms with Crippen LogP contribution >= 0.6 is 11.6 Å². The lowest BCUT2D eigenvalue weighted by atomic mass is 9.95. The minimum Gasteiger partial charge on any atom is -0.324 e. The van der Waals surface area contributed by atoms with Gasteiger partial charge in [-0.3, -0.25) is 0 Å². The van der Waals surface area contributed by atoms with Gasteiger partial charge in [0.05, 0.1) is 0 Å². The van der Waals surface area contributed by atoms with Crippen molar-refractivity contribution in [1.29, 1.82) is 0 Å². The van der Waals surface area contributed by atoms with Crippen LogP contribution in [0, 0.1) is 13.8 Å². The fourth-order valence-corrected chi connectivity index (χ4v) is 2.54. The first kappa shape index (κ1) is 15.5. The molecule has 0 radical (unpaired) electrons. The second-order valence-corrected chi connectivity index (χ2v) is 5.67. The standard InChI is InChI=1S/C16H26ClN/c1-4-5-6-7-8-9-16(18)14-10-13(3)15(17)11-12(14)2/h10-11,16H,4-9,18H2,1-3H3. The second-order valence-electron chi connectivity index (χ2n) is 5.27. The third-order valence-corrected chi connectivity index (χ3v) is 3.97. The third kappa shape index (κ3) is 4.62. The van der Waals surface area contributed by atoms with Crippen LogP contribution in [0.3, 0.4) is 0 Å². The topological polar surface area (TPSA) is 26.0 Å². The Balaban J connectivity index is 2.51. The first-order valence-corrected chi connectivity index (χ1v) is 7.46. The first-order chi connectivity index (χ1) is 8.56. The molecule has 18 heavy (non-hydrogen) atoms. The second kappa shape index (κ2) is 7.81. The predicted molar refractivity (Wildman–Crippen MR) is 81.2 cm³/mol. The molecular formula is C16H26ClN. The van der Waals surface area contributed by atoms with Crippen molar-refractivity contribution in [3.8, 4) is 0 Å². The molecule has 1 unspecified atom stereocenters. The Morgan fingerprint density at radius 1 is 1.06 bits per heavy atom. The molecule has 1 rings (SSSR count). The summed E-state index contributed by atoms with van der Waals surface area (Å²) in [6, 6.07) is 4.33. The molecular weight excluding hydrogens is 242 g/mol. The molecule has 0 spiro atoms. The molecule has 2 N–H and O–H groups in total. The summed E-state index contributed by atoms with van der Waals surface area (Å²) in [5.41, 5.74) is 9.88. The van der Waals surface area contributed by atoms with E-state index in [4.69, 9.17) is 17.3 Å². The van der Waals surface area contributed by atoms with E-state index < -0.39 is 0 Å². The minimum atomic E-state index is 0.155. The van der Waals surface area contributed by atoms with Gasteiger partial charge in [-0.1, -0.05) is 56.7 Å². The van der Waals surface area contributed by atoms with Crippen molar-refractivity contribution in [1.82, 2.24) is 0 Å². The van der Waals surface area contributed by atoms with E-state index in [1.54, 1.807) is 0 Å². The highest BCUT2D eigenvalue weighted by atomic mass is 35.5. The number of nitrogens with two attached hydrogens (primary N) is 1. The summed E-state index contributed by atoms with van der Waals surface area (Å²) in [5, 5.41) is 0.839. The van der Waals surface area contributed by atoms with Crippen LogP contribution in [0.25, 0.3) is 0 Å². The van der Waals surface area contributed by atoms with Crippen LogP contribution in [0.15, 0.2) is 12.1 Å². The van der Waals surface area contributed by atoms with Gasteiger partial charge in [0.25, 0.3) is 0 Å². The van der Waals surface area contributed by atoms with E-state index in [9.17, 15) is 0 Å². The van der Waals surface area contributed by atoms with Crippen molar-refractivity contribution < 1.29 is 0 Å². The molecule has 0 heterocycles. The lowest BCUT2D eigenvalue weighted by molar-refractivity contribution is 0.554. The van der Waals surface area contributed by atoms with Crippen LogP contribution < -0.4 is 5.73 Å². The maximum Gasteiger partial charge on any atom is 0.0438 e. The van der Waals surface area contributed by atoms with Crippen molar-refractivity contribution in [3.63, 3.8) is 0 Å². The molecule has 0 aliphatic rings. The number of hydrogen-bond donors (Lipinski definition) is 1. The van der Waals surface area contributed by atoms with Crippen LogP contribution in [0.1, 0.15) is 68.2 Å². The zero-order valence-corrected chi connectivity index (χ0v) is 12.7. The zero-order valence-electron chi connectivity index (χ0n) is 11.9. The summed E-state index contributed by atoms with van der Waals surface area (Å²) in [6.07, 6.45) is 7.57. The number of aryl methyl sites for hydroxylation is 2. The van der Waals surface area contributed by atoms with Gasteiger partial charge in [-0.2, -0.15) is 0 Å². The smallest absolute Gasteiger partial charge is 0.0438 e. The number of rotatable bonds is 7. The molecule has 1 atom stereocenters. The number of unbranched alkanes of at least 4 members (excludes halogenated alkanes) is 4. The normalized spacial score (nSPS) is 12.7. The van der Waals surface area contributed by atoms with E-state index in [0.29, 0.717) is 0 Å². The molecule has 1 nitrogen and oxygen atoms in total. The summed E-state index contributed by atoms with van der Waals surface area (Å²) in [7, 11) is 0. The maximum atomic E-state index is 6.29. The van der Waals surface area contributed by atoms with Crippen LogP contribution in [-0.2, 0) is 0 Å². The summed E-state index contributed by atoms with van der Waals surface area (Å²) in [4.78, 5) is 0. The average Bonchev–Trinajstić information content (AvgIpc) is 2.33. The van der Waals surface area contributed by atoms with E-state index >= 15 is 0 Å². The van der Waals surface area contributed by atoms with E-state index in [1.165, 1.54) is 43.2 Å². The fraction of sp³-hybridized carbons (Fsp3) is 0.625. The monoisotopic (exact) mass is 267 g/mol. The Morgan fingerprint density at radius 3 is 2.39 bits per heavy atom. The van der Waals surface area contributed by atoms with Crippen molar-refractivity contribution in [2.24, 2.45) is 5.73 Å². The highest BCUT2D eigenvalue weighted by molar-refractivity contribution is 6.31. The van der Waals surface area contributed by atoms with Gasteiger partial charge in [-0.25, -0.2) is 0 Å². The van der Waals surface area contributed by atoms with Gasteiger partial charge in [0.15, 0.2) is 0 Å². The summed E-state index contributed by atoms with van der Waals surface area (Å²) in [5.74, 6) is 0. The highest BCUT2D eigenvalue weighted by Gasteiger charge is 2.10. The Hall–Kier alpha value is -0.530. The summed E-state index contributed by atoms with van der Waals surface area (Å²) >= 11 is 6.11. The number of hydrogen-bond acceptors (Lipinski definition) is 1. The lowest BCUT2D eigenvalue weighted by Gasteiger charge is -2.16. The molecule has 1 aromatic rings. The van der Waals surface area contributed by atoms with Crippen molar-refractivity contribution in [2.75, 3.05) is 0 Å². The number of benzene rings is 1. The molecule has 0 saturated heterocycles. The molecule has 0 amide bonds. The third-order valence-electron chi connectivity index (χ3n) is 3.57. The van der Waals surface area contributed by atoms with Crippen LogP contribution in [0.5, 0.6) is 0 Å². The van der Waals surface area contributed by atoms with Gasteiger partial charge in [0.1, 0.15) is 0 Å². The summed E-state index contributed by atoms with van der Waals surface area (Å²) in [6.45, 7) is 6.38. The molecule has 0 aliphatic heterocycles. The van der Waals surface area contributed by atoms with Crippen molar-refractivity contribution in [2.45, 2.75) is 65.3 Å². The van der Waals surface area contributed by atoms with Gasteiger partial charge in [0.2, 0.25) is 0 Å². The Bertz CT molecular complexity index is 374. The quantitative estimate of drug-likeness (QED) is 0.665. The van der Waals surface area contributed by atoms with Gasteiger partial charge in [0, 0.05) is 11.1 Å². The van der Waals surface area contributed by atoms with Crippen molar-refractivity contribution in [3.05, 3.63) is 33.8 Å². The van der Waals surface area contributed by atoms with Crippen molar-refractivity contribution >= 4 is 11.6 Å². The van der Waals surface area contributed by atoms with Crippen LogP contribution in [0.4, 0.5) is 0 Å². The van der Waals surface area contributed by atoms with Gasteiger partial charge in [-0.15, -0.1) is 0 Å². The minimum absolute atomic E-state index is 0.155. The SMILES string of the molecule is CCCCCCCC(N)c1cc(C)c(Cl)cc1C. The molecule has 2 heteroatoms. The Labute approximate surface area is 117 Å². The Kier molecular flexibility index (Phi) is 6.73. The average molecular weight is 268 g/mol. The maximum absolute atomic E-state index is 6.29. The van der Waals surface area contributed by atoms with Gasteiger partial charge < -0.3 is 5.73 Å². The molecule has 0 aromatic heterocycles. The molecule has 1 aromatic carbocycles. The zero-order chi connectivity index (χ0) is 13.5. The van der Waals surface area contributed by atoms with E-state index in [0.717, 1.165) is 17.0 Å². The molecule has 0 bridgehead atoms. The molecule has 0 fully saturated rings. The van der Waals surface area contributed by atoms with E-state index in [2.05, 4.69) is 19.9 Å². The number of halogens is 1. The van der Waals surface area contributed by atoms with E-state index in [-0.39, 0.29) is 6.04 Å². The van der Waals surface area contributed by atoms with Crippen LogP contribution in [0.2, 0.25) is 5.02 Å². The lowest BCUT2D eigenvalue weighted by Crippen LogP contribution is -2.12.